The number of amides is 1. The lowest BCUT2D eigenvalue weighted by atomic mass is 10.2. The highest BCUT2D eigenvalue weighted by molar-refractivity contribution is 5.72. The number of hydrogen-bond acceptors (Lipinski definition) is 3. The maximum absolute atomic E-state index is 11.0. The highest BCUT2D eigenvalue weighted by atomic mass is 16.5. The summed E-state index contributed by atoms with van der Waals surface area (Å²) in [5.41, 5.74) is 0.889. The number of nitrogens with zero attached hydrogens (tertiary/aromatic N) is 1. The molecule has 0 aliphatic carbocycles. The molecule has 0 saturated carbocycles. The van der Waals surface area contributed by atoms with E-state index in [-0.39, 0.29) is 6.61 Å². The van der Waals surface area contributed by atoms with Crippen LogP contribution in [-0.2, 0) is 16.1 Å². The summed E-state index contributed by atoms with van der Waals surface area (Å²) in [7, 11) is 0. The molecule has 1 aromatic carbocycles. The molecule has 0 unspecified atom stereocenters. The van der Waals surface area contributed by atoms with Crippen molar-refractivity contribution >= 4 is 12.4 Å². The summed E-state index contributed by atoms with van der Waals surface area (Å²) in [6, 6.07) is 8.63. The number of rotatable bonds is 4. The topological polar surface area (TPSA) is 57.5 Å². The Morgan fingerprint density at radius 1 is 1.47 bits per heavy atom. The molecule has 0 heterocycles. The van der Waals surface area contributed by atoms with Gasteiger partial charge in [-0.3, -0.25) is 0 Å². The van der Waals surface area contributed by atoms with Crippen LogP contribution in [0.1, 0.15) is 12.5 Å². The lowest BCUT2D eigenvalue weighted by Crippen LogP contribution is -2.26. The Kier molecular flexibility index (Phi) is 4.34. The smallest absolute Gasteiger partial charge is 0.429 e. The van der Waals surface area contributed by atoms with Crippen LogP contribution in [0.2, 0.25) is 0 Å². The average molecular weight is 206 g/mol. The summed E-state index contributed by atoms with van der Waals surface area (Å²) >= 11 is 0. The van der Waals surface area contributed by atoms with Crippen molar-refractivity contribution in [2.45, 2.75) is 19.6 Å². The lowest BCUT2D eigenvalue weighted by molar-refractivity contribution is -0.109. The average Bonchev–Trinajstić information content (AvgIpc) is 2.27. The van der Waals surface area contributed by atoms with E-state index in [4.69, 9.17) is 4.74 Å². The van der Waals surface area contributed by atoms with E-state index in [0.717, 1.165) is 5.56 Å². The Labute approximate surface area is 88.2 Å². The molecule has 0 saturated heterocycles. The normalized spacial score (nSPS) is 11.5. The van der Waals surface area contributed by atoms with Gasteiger partial charge in [0.05, 0.1) is 0 Å². The monoisotopic (exact) mass is 206 g/mol. The van der Waals surface area contributed by atoms with Crippen molar-refractivity contribution in [3.63, 3.8) is 0 Å². The molecule has 4 heteroatoms. The van der Waals surface area contributed by atoms with Crippen molar-refractivity contribution in [3.8, 4) is 0 Å². The van der Waals surface area contributed by atoms with Gasteiger partial charge in [-0.05, 0) is 12.5 Å². The molecule has 1 aromatic rings. The SMILES string of the molecule is C[C@@H](C=O)[N]C(=O)OCc1ccccc1. The fourth-order valence-corrected chi connectivity index (χ4v) is 0.953. The first-order chi connectivity index (χ1) is 7.22. The van der Waals surface area contributed by atoms with Gasteiger partial charge in [-0.15, -0.1) is 0 Å². The third-order valence-electron chi connectivity index (χ3n) is 1.71. The first-order valence-electron chi connectivity index (χ1n) is 4.59. The number of aldehydes is 1. The van der Waals surface area contributed by atoms with Gasteiger partial charge < -0.3 is 9.53 Å². The van der Waals surface area contributed by atoms with Gasteiger partial charge in [0.2, 0.25) is 0 Å². The molecule has 1 radical (unpaired) electrons. The molecule has 15 heavy (non-hydrogen) atoms. The van der Waals surface area contributed by atoms with Crippen molar-refractivity contribution in [1.29, 1.82) is 0 Å². The first-order valence-corrected chi connectivity index (χ1v) is 4.59. The summed E-state index contributed by atoms with van der Waals surface area (Å²) in [6.07, 6.45) is -0.123. The van der Waals surface area contributed by atoms with E-state index in [9.17, 15) is 9.59 Å². The minimum Gasteiger partial charge on any atom is -0.443 e. The van der Waals surface area contributed by atoms with Crippen LogP contribution in [0.25, 0.3) is 0 Å². The van der Waals surface area contributed by atoms with Crippen LogP contribution in [-0.4, -0.2) is 18.4 Å². The second-order valence-corrected chi connectivity index (χ2v) is 3.05. The van der Waals surface area contributed by atoms with Crippen molar-refractivity contribution in [1.82, 2.24) is 5.32 Å². The summed E-state index contributed by atoms with van der Waals surface area (Å²) < 4.78 is 4.84. The van der Waals surface area contributed by atoms with E-state index in [2.05, 4.69) is 5.32 Å². The zero-order valence-electron chi connectivity index (χ0n) is 8.42. The fraction of sp³-hybridized carbons (Fsp3) is 0.273. The Balaban J connectivity index is 2.31. The van der Waals surface area contributed by atoms with Crippen LogP contribution in [0.5, 0.6) is 0 Å². The van der Waals surface area contributed by atoms with E-state index >= 15 is 0 Å². The maximum atomic E-state index is 11.0. The predicted molar refractivity (Wildman–Crippen MR) is 54.3 cm³/mol. The molecule has 0 bridgehead atoms. The highest BCUT2D eigenvalue weighted by Gasteiger charge is 2.09. The van der Waals surface area contributed by atoms with E-state index in [0.29, 0.717) is 6.29 Å². The van der Waals surface area contributed by atoms with Gasteiger partial charge in [0.25, 0.3) is 0 Å². The standard InChI is InChI=1S/C11H12NO3/c1-9(7-13)12-11(14)15-8-10-5-3-2-4-6-10/h2-7,9H,8H2,1H3/t9-/m0/s1. The van der Waals surface area contributed by atoms with Crippen molar-refractivity contribution in [2.75, 3.05) is 0 Å². The van der Waals surface area contributed by atoms with E-state index < -0.39 is 12.1 Å². The minimum absolute atomic E-state index is 0.175. The quantitative estimate of drug-likeness (QED) is 0.702. The zero-order chi connectivity index (χ0) is 11.1. The molecule has 79 valence electrons. The third-order valence-corrected chi connectivity index (χ3v) is 1.71. The molecule has 0 N–H and O–H groups in total. The Morgan fingerprint density at radius 2 is 2.13 bits per heavy atom. The van der Waals surface area contributed by atoms with Crippen molar-refractivity contribution in [2.24, 2.45) is 0 Å². The van der Waals surface area contributed by atoms with Crippen LogP contribution in [0.3, 0.4) is 0 Å². The second kappa shape index (κ2) is 5.80. The first kappa shape index (κ1) is 11.2. The number of benzene rings is 1. The number of carbonyl (C=O) groups is 2. The third kappa shape index (κ3) is 4.26. The Morgan fingerprint density at radius 3 is 2.73 bits per heavy atom. The van der Waals surface area contributed by atoms with Gasteiger partial charge in [-0.2, -0.15) is 0 Å². The fourth-order valence-electron chi connectivity index (χ4n) is 0.953. The van der Waals surface area contributed by atoms with Gasteiger partial charge in [0.1, 0.15) is 18.9 Å². The van der Waals surface area contributed by atoms with E-state index in [1.807, 2.05) is 30.3 Å². The molecular formula is C11H12NO3. The Bertz CT molecular complexity index is 324. The van der Waals surface area contributed by atoms with Gasteiger partial charge in [-0.1, -0.05) is 30.3 Å². The molecule has 1 atom stereocenters. The van der Waals surface area contributed by atoms with Crippen LogP contribution >= 0.6 is 0 Å². The van der Waals surface area contributed by atoms with E-state index in [1.165, 1.54) is 6.92 Å². The van der Waals surface area contributed by atoms with Crippen molar-refractivity contribution in [3.05, 3.63) is 35.9 Å². The largest absolute Gasteiger partial charge is 0.443 e. The maximum Gasteiger partial charge on any atom is 0.429 e. The minimum atomic E-state index is -0.710. The molecule has 0 spiro atoms. The van der Waals surface area contributed by atoms with Gasteiger partial charge in [0.15, 0.2) is 0 Å². The lowest BCUT2D eigenvalue weighted by Gasteiger charge is -2.05. The summed E-state index contributed by atoms with van der Waals surface area (Å²) in [5, 5.41) is 3.48. The molecule has 0 aromatic heterocycles. The van der Waals surface area contributed by atoms with Gasteiger partial charge in [0, 0.05) is 0 Å². The predicted octanol–water partition coefficient (Wildman–Crippen LogP) is 1.52. The van der Waals surface area contributed by atoms with Crippen LogP contribution < -0.4 is 5.32 Å². The number of ether oxygens (including phenoxy) is 1. The van der Waals surface area contributed by atoms with Crippen LogP contribution in [0, 0.1) is 0 Å². The summed E-state index contributed by atoms with van der Waals surface area (Å²) in [4.78, 5) is 21.3. The van der Waals surface area contributed by atoms with Crippen LogP contribution in [0.4, 0.5) is 4.79 Å². The second-order valence-electron chi connectivity index (χ2n) is 3.05. The molecule has 4 nitrogen and oxygen atoms in total. The highest BCUT2D eigenvalue weighted by Crippen LogP contribution is 2.00. The molecule has 1 amide bonds. The molecule has 1 rings (SSSR count). The summed E-state index contributed by atoms with van der Waals surface area (Å²) in [5.74, 6) is 0. The van der Waals surface area contributed by atoms with E-state index in [1.54, 1.807) is 0 Å². The summed E-state index contributed by atoms with van der Waals surface area (Å²) in [6.45, 7) is 1.70. The molecule has 0 aliphatic rings. The Hall–Kier alpha value is -1.84. The van der Waals surface area contributed by atoms with Gasteiger partial charge in [-0.25, -0.2) is 10.1 Å². The number of carbonyl (C=O) groups excluding carboxylic acids is 2. The van der Waals surface area contributed by atoms with Crippen LogP contribution in [0.15, 0.2) is 30.3 Å². The van der Waals surface area contributed by atoms with Gasteiger partial charge >= 0.3 is 6.09 Å². The molecular weight excluding hydrogens is 194 g/mol. The zero-order valence-corrected chi connectivity index (χ0v) is 8.42. The number of hydrogen-bond donors (Lipinski definition) is 0. The van der Waals surface area contributed by atoms with Crippen molar-refractivity contribution < 1.29 is 14.3 Å². The molecule has 0 fully saturated rings. The molecule has 0 aliphatic heterocycles.